The summed E-state index contributed by atoms with van der Waals surface area (Å²) in [6, 6.07) is 109. The minimum absolute atomic E-state index is 0. The average molecular weight is 2220 g/mol. The molecule has 0 aromatic heterocycles. The van der Waals surface area contributed by atoms with Crippen LogP contribution < -0.4 is 113 Å². The van der Waals surface area contributed by atoms with Gasteiger partial charge in [0, 0.05) is 263 Å². The van der Waals surface area contributed by atoms with Gasteiger partial charge in [-0.1, -0.05) is 272 Å². The van der Waals surface area contributed by atoms with Crippen molar-refractivity contribution in [3.05, 3.63) is 388 Å². The van der Waals surface area contributed by atoms with E-state index in [2.05, 4.69) is 321 Å². The van der Waals surface area contributed by atoms with Crippen molar-refractivity contribution in [1.82, 2.24) is 0 Å². The van der Waals surface area contributed by atoms with Gasteiger partial charge >= 0.3 is 88.7 Å². The Hall–Kier alpha value is -4.75. The molecule has 0 amide bonds. The molecule has 8 heterocycles. The van der Waals surface area contributed by atoms with Crippen molar-refractivity contribution in [3.8, 4) is 0 Å². The zero-order chi connectivity index (χ0) is 98.6. The van der Waals surface area contributed by atoms with E-state index in [4.69, 9.17) is 38.1 Å². The first-order chi connectivity index (χ1) is 69.9. The summed E-state index contributed by atoms with van der Waals surface area (Å²) in [5.41, 5.74) is 28.6. The summed E-state index contributed by atoms with van der Waals surface area (Å²) in [6.07, 6.45) is 1.77. The van der Waals surface area contributed by atoms with Crippen molar-refractivity contribution in [2.75, 3.05) is 158 Å². The molecule has 36 heteroatoms. The number of phosphoric acid groups is 1. The van der Waals surface area contributed by atoms with Crippen LogP contribution in [-0.4, -0.2) is 211 Å². The summed E-state index contributed by atoms with van der Waals surface area (Å²) >= 11 is 14.6. The quantitative estimate of drug-likeness (QED) is 0.0241. The second-order valence-corrected chi connectivity index (χ2v) is 47.7. The maximum atomic E-state index is 10.8. The first-order valence-corrected chi connectivity index (χ1v) is 59.9. The fourth-order valence-electron chi connectivity index (χ4n) is 17.7. The molecule has 0 bridgehead atoms. The van der Waals surface area contributed by atoms with Gasteiger partial charge in [-0.05, 0) is 103 Å². The molecular formula is C111H112N4Na4O17PS10. The Bertz CT molecular complexity index is 6490. The maximum absolute atomic E-state index is 10.8. The van der Waals surface area contributed by atoms with Gasteiger partial charge in [0.2, 0.25) is 0 Å². The molecule has 3 saturated heterocycles. The number of nitrogens with zero attached hydrogens (tertiary/aromatic N) is 4. The minimum atomic E-state index is -4.66. The van der Waals surface area contributed by atoms with Gasteiger partial charge in [-0.25, -0.2) is 16.8 Å². The molecule has 0 saturated carbocycles. The largest absolute Gasteiger partial charge is 1.00 e. The normalized spacial score (nSPS) is 17.0. The Morgan fingerprint density at radius 3 is 0.891 bits per heavy atom. The van der Waals surface area contributed by atoms with E-state index in [-0.39, 0.29) is 168 Å². The second kappa shape index (κ2) is 60.5. The van der Waals surface area contributed by atoms with Gasteiger partial charge in [0.05, 0.1) is 96.1 Å². The van der Waals surface area contributed by atoms with Gasteiger partial charge in [0.1, 0.15) is 0 Å². The smallest absolute Gasteiger partial charge is 0.756 e. The van der Waals surface area contributed by atoms with Gasteiger partial charge in [0.15, 0.2) is 0 Å². The molecule has 0 spiro atoms. The molecule has 12 aromatic rings. The molecule has 1 atom stereocenters. The van der Waals surface area contributed by atoms with Crippen molar-refractivity contribution in [1.29, 1.82) is 0 Å². The van der Waals surface area contributed by atoms with Gasteiger partial charge < -0.3 is 76.2 Å². The predicted octanol–water partition coefficient (Wildman–Crippen LogP) is 15.0. The summed E-state index contributed by atoms with van der Waals surface area (Å²) in [5, 5.41) is 0. The third-order valence-corrected chi connectivity index (χ3v) is 36.6. The zero-order valence-corrected chi connectivity index (χ0v) is 100.0. The number of fused-ring (bicyclic) bond motifs is 9. The molecule has 21 nitrogen and oxygen atoms in total. The van der Waals surface area contributed by atoms with Gasteiger partial charge in [0.25, 0.3) is 7.82 Å². The van der Waals surface area contributed by atoms with Crippen LogP contribution in [0, 0.1) is 0 Å². The molecule has 0 aliphatic carbocycles. The van der Waals surface area contributed by atoms with Crippen LogP contribution in [0.4, 0.5) is 45.5 Å². The van der Waals surface area contributed by atoms with Gasteiger partial charge in [-0.2, -0.15) is 0 Å². The standard InChI is InChI=1S/C31H35NO4S2.C27H28NO5PS2.C27H27NO4S3.C26H25NO4S3.4Na/c1-2-8-25(9-3-1)24-32-28-12-6-4-10-26(28)30(27-11-5-7-13-29(27)32)31-37-22-20-35-18-16-33-14-15-34-17-19-36-21-23-38-31;29-34(30,31)33-16-8-15-32-21-18-35-27(36-19-21)26-22-11-4-6-13-24(22)28(17-20-9-2-1-3-10-20)25-14-7-5-12-23(25)26;29-35(30,31)16-8-15-32-21-18-33-27(34-19-21)26-22-11-4-6-13-24(22)28(17-20-9-2-1-3-10-20)25-14-7-5-12-23(25)26;28-34(29,30)18-8-17-31-16-7-15-27-21-11-3-1-9-19(21)25(20-10-2-4-12-22(20)27)26-32-23-13-5-6-14-24(23)33-26;;;;/h1-13H,14-24H2;1-7,9-14,21H,8,15-19H2,(H2,29,30,31);1-7,9-14,21H,8,15-19H2,(H,29,30,31);1-6,9-14H,7-8,15-18H2,(H,28,29,30);;;;/q;;;;;3*+1/p-3. The molecule has 1 unspecified atom stereocenters. The third kappa shape index (κ3) is 33.7. The number of rotatable bonds is 25. The minimum Gasteiger partial charge on any atom is -0.756 e. The van der Waals surface area contributed by atoms with E-state index in [1.807, 2.05) is 82.7 Å². The molecule has 8 aliphatic heterocycles. The topological polar surface area (TPSA) is 262 Å². The first kappa shape index (κ1) is 119. The Morgan fingerprint density at radius 2 is 0.578 bits per heavy atom. The number of ether oxygens (including phenoxy) is 7. The molecule has 747 valence electrons. The van der Waals surface area contributed by atoms with E-state index in [0.717, 1.165) is 67.1 Å². The number of phosphoric ester groups is 1. The molecule has 1 N–H and O–H groups in total. The van der Waals surface area contributed by atoms with Crippen molar-refractivity contribution in [2.45, 2.75) is 67.3 Å². The van der Waals surface area contributed by atoms with Crippen LogP contribution in [0.5, 0.6) is 0 Å². The SMILES string of the molecule is O=P([O-])(O)OCCCOC1CSC(=C2c3ccccc3N(Cc3ccccc3)c3ccccc32)SC1.O=S(=O)([O-])CCCOC1CSC(=C2c3ccccc3N(Cc3ccccc3)c3ccccc32)SC1.O=S(=O)([O-])CCCOCCCN1c2ccccc2C(=C2Sc3ccccc3S2)c2ccccc21.[Na+].[Na+].[Na+].[Na].c1ccc(CN2c3ccccc3C(=C3SCCOCCOCCOCCOCCS3)c3ccccc32)cc1. The van der Waals surface area contributed by atoms with E-state index in [1.54, 1.807) is 23.5 Å². The molecule has 20 rings (SSSR count). The predicted molar refractivity (Wildman–Crippen MR) is 595 cm³/mol. The van der Waals surface area contributed by atoms with Crippen molar-refractivity contribution in [2.24, 2.45) is 0 Å². The number of para-hydroxylation sites is 8. The van der Waals surface area contributed by atoms with Crippen LogP contribution >= 0.6 is 102 Å². The Morgan fingerprint density at radius 1 is 0.320 bits per heavy atom. The van der Waals surface area contributed by atoms with E-state index in [9.17, 15) is 35.4 Å². The van der Waals surface area contributed by atoms with Crippen LogP contribution in [0.3, 0.4) is 0 Å². The Kier molecular flexibility index (Phi) is 49.1. The molecule has 1 radical (unpaired) electrons. The zero-order valence-electron chi connectivity index (χ0n) is 82.9. The summed E-state index contributed by atoms with van der Waals surface area (Å²) in [5.74, 6) is 4.26. The van der Waals surface area contributed by atoms with E-state index >= 15 is 0 Å². The molecule has 12 aromatic carbocycles. The summed E-state index contributed by atoms with van der Waals surface area (Å²) in [4.78, 5) is 31.5. The summed E-state index contributed by atoms with van der Waals surface area (Å²) in [6.45, 7) is 9.50. The van der Waals surface area contributed by atoms with Crippen LogP contribution in [0.15, 0.2) is 336 Å². The fourth-order valence-corrected chi connectivity index (χ4v) is 29.5. The van der Waals surface area contributed by atoms with Crippen LogP contribution in [0.1, 0.15) is 86.9 Å². The molecule has 147 heavy (non-hydrogen) atoms. The summed E-state index contributed by atoms with van der Waals surface area (Å²) < 4.78 is 125. The van der Waals surface area contributed by atoms with E-state index in [1.165, 1.54) is 156 Å². The van der Waals surface area contributed by atoms with E-state index < -0.39 is 28.1 Å². The summed E-state index contributed by atoms with van der Waals surface area (Å²) in [7, 11) is -13.0. The van der Waals surface area contributed by atoms with Gasteiger partial charge in [-0.15, -0.1) is 70.6 Å². The molecule has 3 fully saturated rings. The number of anilines is 8. The monoisotopic (exact) mass is 2220 g/mol. The number of hydrogen-bond donors (Lipinski definition) is 1. The Labute approximate surface area is 986 Å². The number of thioether (sulfide) groups is 8. The van der Waals surface area contributed by atoms with Crippen molar-refractivity contribution >= 4 is 220 Å². The Balaban J connectivity index is 0.000000162. The first-order valence-electron chi connectivity index (χ1n) is 47.7. The van der Waals surface area contributed by atoms with Crippen molar-refractivity contribution in [3.63, 3.8) is 0 Å². The molecular weight excluding hydrogens is 2100 g/mol. The second-order valence-electron chi connectivity index (χ2n) is 34.0. The average Bonchev–Trinajstić information content (AvgIpc) is 1.62. The van der Waals surface area contributed by atoms with Crippen molar-refractivity contribution < 1.29 is 167 Å². The van der Waals surface area contributed by atoms with Gasteiger partial charge in [-0.3, -0.25) is 4.57 Å². The van der Waals surface area contributed by atoms with Crippen LogP contribution in [-0.2, 0) is 82.1 Å². The van der Waals surface area contributed by atoms with Crippen LogP contribution in [0.2, 0.25) is 0 Å². The number of hydrogen-bond acceptors (Lipinski definition) is 28. The molecule has 8 aliphatic rings. The maximum Gasteiger partial charge on any atom is 1.00 e. The number of benzene rings is 12. The fraction of sp³-hybridized carbons (Fsp3) is 0.279. The van der Waals surface area contributed by atoms with Crippen LogP contribution in [0.25, 0.3) is 22.3 Å². The van der Waals surface area contributed by atoms with E-state index in [0.29, 0.717) is 79.1 Å². The third-order valence-electron chi connectivity index (χ3n) is 24.1.